The van der Waals surface area contributed by atoms with Crippen LogP contribution in [0.5, 0.6) is 0 Å². The summed E-state index contributed by atoms with van der Waals surface area (Å²) in [7, 11) is -4.88. The summed E-state index contributed by atoms with van der Waals surface area (Å²) in [5, 5.41) is 0. The fourth-order valence-corrected chi connectivity index (χ4v) is 3.57. The van der Waals surface area contributed by atoms with Gasteiger partial charge in [-0.3, -0.25) is 14.5 Å². The SMILES string of the molecule is CN1CC(=O)OB(C(/C=C/Cc2ccccc2)OS(=O)(=O)OCC(Cl)(Cl)Cl)OC(=O)C1. The molecule has 0 saturated carbocycles. The molecule has 0 aliphatic carbocycles. The Morgan fingerprint density at radius 2 is 1.74 bits per heavy atom. The Hall–Kier alpha value is -1.34. The zero-order valence-electron chi connectivity index (χ0n) is 16.3. The van der Waals surface area contributed by atoms with Gasteiger partial charge >= 0.3 is 29.5 Å². The number of nitrogens with zero attached hydrogens (tertiary/aromatic N) is 1. The second kappa shape index (κ2) is 11.5. The van der Waals surface area contributed by atoms with Crippen LogP contribution in [0, 0.1) is 0 Å². The third kappa shape index (κ3) is 10.2. The Labute approximate surface area is 195 Å². The average molecular weight is 515 g/mol. The highest BCUT2D eigenvalue weighted by Gasteiger charge is 2.42. The molecule has 1 saturated heterocycles. The van der Waals surface area contributed by atoms with Gasteiger partial charge in [-0.15, -0.1) is 0 Å². The first-order valence-corrected chi connectivity index (χ1v) is 11.3. The van der Waals surface area contributed by atoms with E-state index in [0.29, 0.717) is 6.42 Å². The molecule has 0 radical (unpaired) electrons. The van der Waals surface area contributed by atoms with E-state index < -0.39 is 45.9 Å². The summed E-state index contributed by atoms with van der Waals surface area (Å²) < 4.78 is 42.0. The highest BCUT2D eigenvalue weighted by Crippen LogP contribution is 2.27. The van der Waals surface area contributed by atoms with Crippen LogP contribution in [0.2, 0.25) is 0 Å². The molecule has 0 aromatic heterocycles. The van der Waals surface area contributed by atoms with E-state index in [4.69, 9.17) is 48.3 Å². The van der Waals surface area contributed by atoms with Crippen molar-refractivity contribution >= 4 is 64.3 Å². The summed E-state index contributed by atoms with van der Waals surface area (Å²) in [5.41, 5.74) is 0.918. The van der Waals surface area contributed by atoms with Crippen molar-refractivity contribution in [1.29, 1.82) is 0 Å². The number of hydrogen-bond acceptors (Lipinski definition) is 9. The molecule has 1 aliphatic heterocycles. The molecular weight excluding hydrogens is 495 g/mol. The molecule has 1 aromatic carbocycles. The summed E-state index contributed by atoms with van der Waals surface area (Å²) in [5.74, 6) is -1.49. The van der Waals surface area contributed by atoms with Gasteiger partial charge in [0, 0.05) is 0 Å². The van der Waals surface area contributed by atoms with Gasteiger partial charge in [-0.2, -0.15) is 8.42 Å². The fourth-order valence-electron chi connectivity index (χ4n) is 2.41. The van der Waals surface area contributed by atoms with Gasteiger partial charge in [-0.05, 0) is 19.0 Å². The van der Waals surface area contributed by atoms with Crippen molar-refractivity contribution in [2.45, 2.75) is 16.2 Å². The van der Waals surface area contributed by atoms with Crippen molar-refractivity contribution in [2.24, 2.45) is 0 Å². The van der Waals surface area contributed by atoms with Crippen LogP contribution in [0.15, 0.2) is 42.5 Å². The molecule has 1 aliphatic rings. The summed E-state index contributed by atoms with van der Waals surface area (Å²) in [6.45, 7) is -1.24. The van der Waals surface area contributed by atoms with Gasteiger partial charge in [0.05, 0.1) is 13.1 Å². The number of carbonyl (C=O) groups excluding carboxylic acids is 2. The predicted octanol–water partition coefficient (Wildman–Crippen LogP) is 1.86. The van der Waals surface area contributed by atoms with Crippen LogP contribution >= 0.6 is 34.8 Å². The predicted molar refractivity (Wildman–Crippen MR) is 115 cm³/mol. The largest absolute Gasteiger partial charge is 0.635 e. The van der Waals surface area contributed by atoms with E-state index in [1.807, 2.05) is 30.3 Å². The highest BCUT2D eigenvalue weighted by molar-refractivity contribution is 7.82. The third-order valence-corrected chi connectivity index (χ3v) is 4.87. The number of rotatable bonds is 8. The minimum atomic E-state index is -4.72. The van der Waals surface area contributed by atoms with E-state index in [1.54, 1.807) is 6.08 Å². The van der Waals surface area contributed by atoms with Crippen LogP contribution in [0.25, 0.3) is 0 Å². The lowest BCUT2D eigenvalue weighted by Gasteiger charge is -2.25. The molecule has 1 unspecified atom stereocenters. The quantitative estimate of drug-likeness (QED) is 0.292. The minimum absolute atomic E-state index is 0.206. The van der Waals surface area contributed by atoms with Crippen molar-refractivity contribution < 1.29 is 35.7 Å². The number of carbonyl (C=O) groups is 2. The Kier molecular flexibility index (Phi) is 9.62. The van der Waals surface area contributed by atoms with Crippen LogP contribution in [-0.2, 0) is 44.1 Å². The van der Waals surface area contributed by atoms with Crippen LogP contribution in [0.4, 0.5) is 0 Å². The van der Waals surface area contributed by atoms with Gasteiger partial charge in [0.2, 0.25) is 3.79 Å². The molecule has 31 heavy (non-hydrogen) atoms. The van der Waals surface area contributed by atoms with Crippen LogP contribution in [0.1, 0.15) is 5.56 Å². The summed E-state index contributed by atoms with van der Waals surface area (Å²) in [4.78, 5) is 25.4. The van der Waals surface area contributed by atoms with Gasteiger partial charge < -0.3 is 9.31 Å². The zero-order chi connectivity index (χ0) is 23.1. The second-order valence-corrected chi connectivity index (χ2v) is 10.2. The van der Waals surface area contributed by atoms with E-state index in [9.17, 15) is 18.0 Å². The molecule has 2 rings (SSSR count). The number of hydrogen-bond donors (Lipinski definition) is 0. The highest BCUT2D eigenvalue weighted by atomic mass is 35.6. The van der Waals surface area contributed by atoms with E-state index in [-0.39, 0.29) is 13.1 Å². The summed E-state index contributed by atoms with van der Waals surface area (Å²) >= 11 is 16.5. The first kappa shape index (κ1) is 25.9. The molecule has 14 heteroatoms. The topological polar surface area (TPSA) is 108 Å². The number of allylic oxidation sites excluding steroid dienone is 1. The molecule has 0 bridgehead atoms. The smallest absolute Gasteiger partial charge is 0.496 e. The first-order valence-electron chi connectivity index (χ1n) is 8.86. The van der Waals surface area contributed by atoms with E-state index >= 15 is 0 Å². The number of halogens is 3. The number of alkyl halides is 3. The van der Waals surface area contributed by atoms with Crippen LogP contribution in [0.3, 0.4) is 0 Å². The van der Waals surface area contributed by atoms with Gasteiger partial charge in [0.15, 0.2) is 6.00 Å². The summed E-state index contributed by atoms with van der Waals surface area (Å²) in [6, 6.07) is 7.68. The maximum Gasteiger partial charge on any atom is 0.635 e. The molecule has 0 spiro atoms. The van der Waals surface area contributed by atoms with Gasteiger partial charge in [-0.25, -0.2) is 8.37 Å². The van der Waals surface area contributed by atoms with Gasteiger partial charge in [0.1, 0.15) is 6.61 Å². The average Bonchev–Trinajstić information content (AvgIpc) is 2.64. The first-order chi connectivity index (χ1) is 14.4. The number of likely N-dealkylation sites (N-methyl/N-ethyl adjacent to an activating group) is 1. The van der Waals surface area contributed by atoms with E-state index in [0.717, 1.165) is 5.56 Å². The van der Waals surface area contributed by atoms with Crippen LogP contribution < -0.4 is 0 Å². The Bertz CT molecular complexity index is 874. The van der Waals surface area contributed by atoms with Crippen molar-refractivity contribution in [3.05, 3.63) is 48.0 Å². The van der Waals surface area contributed by atoms with Crippen molar-refractivity contribution in [1.82, 2.24) is 4.90 Å². The molecule has 1 heterocycles. The Morgan fingerprint density at radius 1 is 1.16 bits per heavy atom. The van der Waals surface area contributed by atoms with Crippen molar-refractivity contribution in [3.63, 3.8) is 0 Å². The van der Waals surface area contributed by atoms with Crippen LogP contribution in [-0.4, -0.2) is 68.9 Å². The lowest BCUT2D eigenvalue weighted by molar-refractivity contribution is -0.146. The maximum atomic E-state index is 12.2. The third-order valence-electron chi connectivity index (χ3n) is 3.68. The zero-order valence-corrected chi connectivity index (χ0v) is 19.4. The van der Waals surface area contributed by atoms with E-state index in [2.05, 4.69) is 4.18 Å². The lowest BCUT2D eigenvalue weighted by Crippen LogP contribution is -2.48. The van der Waals surface area contributed by atoms with Crippen molar-refractivity contribution in [3.8, 4) is 0 Å². The second-order valence-electron chi connectivity index (χ2n) is 6.48. The number of benzene rings is 1. The minimum Gasteiger partial charge on any atom is -0.496 e. The Balaban J connectivity index is 2.21. The molecule has 1 aromatic rings. The standard InChI is InChI=1S/C17H19BCl3NO8S/c1-22-10-15(23)28-18(29-16(24)11-22)14(9-5-8-13-6-3-2-4-7-13)30-31(25,26)27-12-17(19,20)21/h2-7,9,14H,8,10-12H2,1H3/b9-5+. The molecule has 0 N–H and O–H groups in total. The maximum absolute atomic E-state index is 12.2. The molecular formula is C17H19BCl3NO8S. The van der Waals surface area contributed by atoms with Crippen molar-refractivity contribution in [2.75, 3.05) is 26.7 Å². The molecule has 0 amide bonds. The fraction of sp³-hybridized carbons (Fsp3) is 0.412. The molecule has 170 valence electrons. The molecule has 1 atom stereocenters. The summed E-state index contributed by atoms with van der Waals surface area (Å²) in [6.07, 6.45) is 3.24. The van der Waals surface area contributed by atoms with E-state index in [1.165, 1.54) is 18.0 Å². The lowest BCUT2D eigenvalue weighted by atomic mass is 9.80. The molecule has 1 fully saturated rings. The Morgan fingerprint density at radius 3 is 2.29 bits per heavy atom. The normalized spacial score (nSPS) is 17.7. The monoisotopic (exact) mass is 513 g/mol. The molecule has 9 nitrogen and oxygen atoms in total. The van der Waals surface area contributed by atoms with Gasteiger partial charge in [0.25, 0.3) is 0 Å². The van der Waals surface area contributed by atoms with Gasteiger partial charge in [-0.1, -0.05) is 77.3 Å².